The van der Waals surface area contributed by atoms with Gasteiger partial charge in [0.1, 0.15) is 6.61 Å². The summed E-state index contributed by atoms with van der Waals surface area (Å²) in [4.78, 5) is 11.4. The number of rotatable bonds is 5. The number of carbonyl (C=O) groups excluding carboxylic acids is 1. The SMILES string of the molecule is CC(C)OCC(=O)CC1(N)CCC1. The van der Waals surface area contributed by atoms with Gasteiger partial charge in [-0.15, -0.1) is 0 Å². The van der Waals surface area contributed by atoms with Crippen molar-refractivity contribution < 1.29 is 9.53 Å². The van der Waals surface area contributed by atoms with E-state index in [4.69, 9.17) is 10.5 Å². The number of nitrogens with two attached hydrogens (primary N) is 1. The van der Waals surface area contributed by atoms with Crippen molar-refractivity contribution in [1.29, 1.82) is 0 Å². The lowest BCUT2D eigenvalue weighted by Crippen LogP contribution is -2.48. The van der Waals surface area contributed by atoms with Crippen LogP contribution in [0.4, 0.5) is 0 Å². The summed E-state index contributed by atoms with van der Waals surface area (Å²) in [6.45, 7) is 4.07. The van der Waals surface area contributed by atoms with Crippen LogP contribution in [0.2, 0.25) is 0 Å². The van der Waals surface area contributed by atoms with Gasteiger partial charge in [-0.1, -0.05) is 0 Å². The minimum Gasteiger partial charge on any atom is -0.371 e. The van der Waals surface area contributed by atoms with Crippen LogP contribution < -0.4 is 5.73 Å². The molecule has 0 unspecified atom stereocenters. The summed E-state index contributed by atoms with van der Waals surface area (Å²) in [5.41, 5.74) is 5.74. The largest absolute Gasteiger partial charge is 0.371 e. The van der Waals surface area contributed by atoms with Gasteiger partial charge in [-0.2, -0.15) is 0 Å². The van der Waals surface area contributed by atoms with Gasteiger partial charge in [-0.25, -0.2) is 0 Å². The summed E-state index contributed by atoms with van der Waals surface area (Å²) < 4.78 is 5.21. The normalized spacial score (nSPS) is 20.0. The van der Waals surface area contributed by atoms with Crippen LogP contribution in [0.5, 0.6) is 0 Å². The third-order valence-electron chi connectivity index (χ3n) is 2.48. The zero-order valence-electron chi connectivity index (χ0n) is 8.51. The monoisotopic (exact) mass is 185 g/mol. The lowest BCUT2D eigenvalue weighted by Gasteiger charge is -2.37. The second-order valence-electron chi connectivity index (χ2n) is 4.29. The highest BCUT2D eigenvalue weighted by atomic mass is 16.5. The van der Waals surface area contributed by atoms with E-state index in [0.717, 1.165) is 19.3 Å². The lowest BCUT2D eigenvalue weighted by molar-refractivity contribution is -0.126. The fraction of sp³-hybridized carbons (Fsp3) is 0.900. The molecule has 0 aromatic carbocycles. The van der Waals surface area contributed by atoms with E-state index in [1.54, 1.807) is 0 Å². The van der Waals surface area contributed by atoms with E-state index in [-0.39, 0.29) is 24.0 Å². The molecule has 0 aromatic rings. The van der Waals surface area contributed by atoms with E-state index in [0.29, 0.717) is 6.42 Å². The molecule has 1 aliphatic carbocycles. The van der Waals surface area contributed by atoms with Crippen molar-refractivity contribution in [2.75, 3.05) is 6.61 Å². The van der Waals surface area contributed by atoms with Crippen molar-refractivity contribution in [3.05, 3.63) is 0 Å². The van der Waals surface area contributed by atoms with Crippen molar-refractivity contribution in [3.63, 3.8) is 0 Å². The molecule has 76 valence electrons. The van der Waals surface area contributed by atoms with Crippen LogP contribution in [0, 0.1) is 0 Å². The van der Waals surface area contributed by atoms with Gasteiger partial charge in [-0.05, 0) is 33.1 Å². The first-order chi connectivity index (χ1) is 6.02. The van der Waals surface area contributed by atoms with Gasteiger partial charge in [0.2, 0.25) is 0 Å². The molecule has 1 saturated carbocycles. The zero-order chi connectivity index (χ0) is 9.90. The van der Waals surface area contributed by atoms with E-state index in [1.165, 1.54) is 0 Å². The molecule has 1 fully saturated rings. The van der Waals surface area contributed by atoms with Gasteiger partial charge < -0.3 is 10.5 Å². The molecule has 0 spiro atoms. The predicted molar refractivity (Wildman–Crippen MR) is 51.5 cm³/mol. The van der Waals surface area contributed by atoms with Crippen LogP contribution in [-0.2, 0) is 9.53 Å². The van der Waals surface area contributed by atoms with Crippen LogP contribution in [0.1, 0.15) is 39.5 Å². The highest BCUT2D eigenvalue weighted by molar-refractivity contribution is 5.81. The van der Waals surface area contributed by atoms with Gasteiger partial charge >= 0.3 is 0 Å². The molecule has 3 nitrogen and oxygen atoms in total. The zero-order valence-corrected chi connectivity index (χ0v) is 8.51. The molecule has 0 heterocycles. The van der Waals surface area contributed by atoms with Gasteiger partial charge in [0.05, 0.1) is 6.10 Å². The summed E-state index contributed by atoms with van der Waals surface area (Å²) in [6.07, 6.45) is 3.74. The molecular weight excluding hydrogens is 166 g/mol. The topological polar surface area (TPSA) is 52.3 Å². The molecule has 13 heavy (non-hydrogen) atoms. The number of hydrogen-bond donors (Lipinski definition) is 1. The Balaban J connectivity index is 2.17. The molecule has 0 atom stereocenters. The van der Waals surface area contributed by atoms with Gasteiger partial charge in [-0.3, -0.25) is 4.79 Å². The minimum absolute atomic E-state index is 0.124. The molecule has 2 N–H and O–H groups in total. The molecule has 0 amide bonds. The molecule has 0 radical (unpaired) electrons. The summed E-state index contributed by atoms with van der Waals surface area (Å²) in [5, 5.41) is 0. The Bertz CT molecular complexity index is 185. The van der Waals surface area contributed by atoms with Gasteiger partial charge in [0, 0.05) is 12.0 Å². The van der Waals surface area contributed by atoms with Gasteiger partial charge in [0.25, 0.3) is 0 Å². The second kappa shape index (κ2) is 4.20. The smallest absolute Gasteiger partial charge is 0.160 e. The quantitative estimate of drug-likeness (QED) is 0.701. The van der Waals surface area contributed by atoms with E-state index >= 15 is 0 Å². The first kappa shape index (κ1) is 10.7. The number of carbonyl (C=O) groups is 1. The molecule has 0 aromatic heterocycles. The standard InChI is InChI=1S/C10H19NO2/c1-8(2)13-7-9(12)6-10(11)4-3-5-10/h8H,3-7,11H2,1-2H3. The Kier molecular flexibility index (Phi) is 3.45. The highest BCUT2D eigenvalue weighted by Gasteiger charge is 2.34. The molecule has 0 saturated heterocycles. The second-order valence-corrected chi connectivity index (χ2v) is 4.29. The molecule has 1 rings (SSSR count). The van der Waals surface area contributed by atoms with E-state index in [1.807, 2.05) is 13.8 Å². The van der Waals surface area contributed by atoms with Crippen molar-refractivity contribution in [1.82, 2.24) is 0 Å². The molecule has 0 bridgehead atoms. The molecule has 1 aliphatic rings. The van der Waals surface area contributed by atoms with Crippen LogP contribution in [0.25, 0.3) is 0 Å². The summed E-state index contributed by atoms with van der Waals surface area (Å²) in [7, 11) is 0. The summed E-state index contributed by atoms with van der Waals surface area (Å²) >= 11 is 0. The summed E-state index contributed by atoms with van der Waals surface area (Å²) in [5.74, 6) is 0.135. The number of hydrogen-bond acceptors (Lipinski definition) is 3. The maximum Gasteiger partial charge on any atom is 0.160 e. The Labute approximate surface area is 79.6 Å². The van der Waals surface area contributed by atoms with Gasteiger partial charge in [0.15, 0.2) is 5.78 Å². The van der Waals surface area contributed by atoms with Crippen molar-refractivity contribution >= 4 is 5.78 Å². The summed E-state index contributed by atoms with van der Waals surface area (Å²) in [6, 6.07) is 0. The number of ether oxygens (including phenoxy) is 1. The Hall–Kier alpha value is -0.410. The van der Waals surface area contributed by atoms with Crippen LogP contribution in [-0.4, -0.2) is 24.0 Å². The Morgan fingerprint density at radius 3 is 2.54 bits per heavy atom. The third-order valence-corrected chi connectivity index (χ3v) is 2.48. The maximum atomic E-state index is 11.4. The molecular formula is C10H19NO2. The maximum absolute atomic E-state index is 11.4. The van der Waals surface area contributed by atoms with Crippen molar-refractivity contribution in [2.45, 2.75) is 51.2 Å². The van der Waals surface area contributed by atoms with Crippen LogP contribution in [0.3, 0.4) is 0 Å². The van der Waals surface area contributed by atoms with Crippen LogP contribution >= 0.6 is 0 Å². The fourth-order valence-electron chi connectivity index (χ4n) is 1.51. The number of Topliss-reactive ketones (excluding diaryl/α,β-unsaturated/α-hetero) is 1. The van der Waals surface area contributed by atoms with E-state index < -0.39 is 0 Å². The fourth-order valence-corrected chi connectivity index (χ4v) is 1.51. The first-order valence-corrected chi connectivity index (χ1v) is 4.94. The molecule has 0 aliphatic heterocycles. The molecule has 3 heteroatoms. The number of ketones is 1. The lowest BCUT2D eigenvalue weighted by atomic mass is 9.74. The highest BCUT2D eigenvalue weighted by Crippen LogP contribution is 2.32. The average molecular weight is 185 g/mol. The van der Waals surface area contributed by atoms with E-state index in [2.05, 4.69) is 0 Å². The Morgan fingerprint density at radius 2 is 2.15 bits per heavy atom. The predicted octanol–water partition coefficient (Wildman–Crippen LogP) is 1.25. The third kappa shape index (κ3) is 3.44. The Morgan fingerprint density at radius 1 is 1.54 bits per heavy atom. The van der Waals surface area contributed by atoms with Crippen molar-refractivity contribution in [2.24, 2.45) is 5.73 Å². The van der Waals surface area contributed by atoms with Crippen molar-refractivity contribution in [3.8, 4) is 0 Å². The minimum atomic E-state index is -0.197. The average Bonchev–Trinajstić information content (AvgIpc) is 1.98. The first-order valence-electron chi connectivity index (χ1n) is 4.94. The van der Waals surface area contributed by atoms with Crippen LogP contribution in [0.15, 0.2) is 0 Å². The van der Waals surface area contributed by atoms with E-state index in [9.17, 15) is 4.79 Å².